The number of hydrogen-bond acceptors (Lipinski definition) is 4. The molecule has 0 aliphatic heterocycles. The number of halogens is 1. The second kappa shape index (κ2) is 5.54. The topological polar surface area (TPSA) is 77.8 Å². The number of rotatable bonds is 4. The minimum atomic E-state index is -1.32. The number of benzene rings is 1. The van der Waals surface area contributed by atoms with E-state index in [0.29, 0.717) is 0 Å². The molecule has 3 N–H and O–H groups in total. The number of aliphatic hydroxyl groups is 2. The van der Waals surface area contributed by atoms with Crippen LogP contribution in [-0.4, -0.2) is 33.1 Å². The fourth-order valence-corrected chi connectivity index (χ4v) is 1.78. The van der Waals surface area contributed by atoms with Crippen molar-refractivity contribution in [2.75, 3.05) is 5.75 Å². The van der Waals surface area contributed by atoms with E-state index in [1.807, 2.05) is 0 Å². The Balaban J connectivity index is 3.22. The Morgan fingerprint density at radius 1 is 1.44 bits per heavy atom. The van der Waals surface area contributed by atoms with Crippen LogP contribution in [0.4, 0.5) is 0 Å². The zero-order valence-corrected chi connectivity index (χ0v) is 9.82. The average molecular weight is 263 g/mol. The average Bonchev–Trinajstić information content (AvgIpc) is 2.26. The quantitative estimate of drug-likeness (QED) is 0.618. The Morgan fingerprint density at radius 2 is 2.06 bits per heavy atom. The molecule has 0 spiro atoms. The van der Waals surface area contributed by atoms with Crippen LogP contribution in [0.3, 0.4) is 0 Å². The van der Waals surface area contributed by atoms with Crippen LogP contribution in [-0.2, 0) is 0 Å². The van der Waals surface area contributed by atoms with E-state index in [1.54, 1.807) is 0 Å². The Hall–Kier alpha value is -0.750. The highest BCUT2D eigenvalue weighted by atomic mass is 35.5. The van der Waals surface area contributed by atoms with Crippen molar-refractivity contribution in [3.8, 4) is 0 Å². The summed E-state index contributed by atoms with van der Waals surface area (Å²) >= 11 is 9.55. The van der Waals surface area contributed by atoms with Crippen molar-refractivity contribution in [3.05, 3.63) is 34.3 Å². The molecule has 2 unspecified atom stereocenters. The van der Waals surface area contributed by atoms with Gasteiger partial charge in [-0.1, -0.05) is 23.7 Å². The highest BCUT2D eigenvalue weighted by molar-refractivity contribution is 7.80. The van der Waals surface area contributed by atoms with E-state index in [-0.39, 0.29) is 21.9 Å². The van der Waals surface area contributed by atoms with Crippen LogP contribution in [0.2, 0.25) is 5.02 Å². The minimum Gasteiger partial charge on any atom is -0.478 e. The first-order valence-corrected chi connectivity index (χ1v) is 5.48. The normalized spacial score (nSPS) is 14.5. The standard InChI is InChI=1S/C10H11ClO4S/c11-6-3-1-2-5(8(6)10(14)15)9(13)7(12)4-16/h1-3,7,9,12-13,16H,4H2,(H,14,15). The predicted octanol–water partition coefficient (Wildman–Crippen LogP) is 1.36. The second-order valence-electron chi connectivity index (χ2n) is 3.20. The second-order valence-corrected chi connectivity index (χ2v) is 3.98. The third-order valence-corrected chi connectivity index (χ3v) is 2.82. The molecule has 0 bridgehead atoms. The number of aromatic carboxylic acids is 1. The van der Waals surface area contributed by atoms with Crippen molar-refractivity contribution in [2.24, 2.45) is 0 Å². The molecule has 1 aromatic carbocycles. The molecule has 4 nitrogen and oxygen atoms in total. The first kappa shape index (κ1) is 13.3. The maximum absolute atomic E-state index is 11.0. The Labute approximate surface area is 103 Å². The van der Waals surface area contributed by atoms with E-state index < -0.39 is 18.2 Å². The predicted molar refractivity (Wildman–Crippen MR) is 63.2 cm³/mol. The molecule has 0 saturated carbocycles. The van der Waals surface area contributed by atoms with E-state index in [1.165, 1.54) is 18.2 Å². The molecular formula is C10H11ClO4S. The van der Waals surface area contributed by atoms with Crippen molar-refractivity contribution >= 4 is 30.2 Å². The molecule has 1 rings (SSSR count). The molecule has 1 aromatic rings. The number of thiol groups is 1. The highest BCUT2D eigenvalue weighted by Crippen LogP contribution is 2.27. The van der Waals surface area contributed by atoms with Gasteiger partial charge in [0.25, 0.3) is 0 Å². The Kier molecular flexibility index (Phi) is 4.61. The summed E-state index contributed by atoms with van der Waals surface area (Å²) in [5, 5.41) is 28.1. The van der Waals surface area contributed by atoms with Crippen molar-refractivity contribution in [2.45, 2.75) is 12.2 Å². The van der Waals surface area contributed by atoms with Gasteiger partial charge in [0.15, 0.2) is 0 Å². The van der Waals surface area contributed by atoms with Gasteiger partial charge in [-0.3, -0.25) is 0 Å². The monoisotopic (exact) mass is 262 g/mol. The smallest absolute Gasteiger partial charge is 0.337 e. The zero-order chi connectivity index (χ0) is 12.3. The van der Waals surface area contributed by atoms with E-state index in [4.69, 9.17) is 16.7 Å². The van der Waals surface area contributed by atoms with E-state index in [2.05, 4.69) is 12.6 Å². The summed E-state index contributed by atoms with van der Waals surface area (Å²) in [4.78, 5) is 11.0. The van der Waals surface area contributed by atoms with Crippen molar-refractivity contribution in [1.82, 2.24) is 0 Å². The summed E-state index contributed by atoms with van der Waals surface area (Å²) in [6, 6.07) is 4.33. The molecule has 2 atom stereocenters. The first-order valence-electron chi connectivity index (χ1n) is 4.47. The van der Waals surface area contributed by atoms with E-state index in [9.17, 15) is 15.0 Å². The maximum atomic E-state index is 11.0. The fraction of sp³-hybridized carbons (Fsp3) is 0.300. The molecule has 0 aliphatic carbocycles. The molecule has 88 valence electrons. The van der Waals surface area contributed by atoms with Gasteiger partial charge in [-0.25, -0.2) is 4.79 Å². The third kappa shape index (κ3) is 2.68. The van der Waals surface area contributed by atoms with Gasteiger partial charge >= 0.3 is 5.97 Å². The van der Waals surface area contributed by atoms with E-state index >= 15 is 0 Å². The third-order valence-electron chi connectivity index (χ3n) is 2.13. The molecule has 0 aliphatic rings. The lowest BCUT2D eigenvalue weighted by atomic mass is 9.99. The molecule has 0 amide bonds. The fourth-order valence-electron chi connectivity index (χ4n) is 1.32. The highest BCUT2D eigenvalue weighted by Gasteiger charge is 2.24. The zero-order valence-electron chi connectivity index (χ0n) is 8.17. The van der Waals surface area contributed by atoms with Crippen molar-refractivity contribution < 1.29 is 20.1 Å². The number of aliphatic hydroxyl groups excluding tert-OH is 2. The van der Waals surface area contributed by atoms with Gasteiger partial charge in [0, 0.05) is 5.75 Å². The van der Waals surface area contributed by atoms with Gasteiger partial charge in [-0.15, -0.1) is 0 Å². The van der Waals surface area contributed by atoms with Gasteiger partial charge in [-0.2, -0.15) is 12.6 Å². The molecule has 6 heteroatoms. The summed E-state index contributed by atoms with van der Waals surface area (Å²) in [7, 11) is 0. The van der Waals surface area contributed by atoms with Crippen LogP contribution in [0, 0.1) is 0 Å². The largest absolute Gasteiger partial charge is 0.478 e. The molecule has 0 radical (unpaired) electrons. The summed E-state index contributed by atoms with van der Waals surface area (Å²) in [5.41, 5.74) is -0.112. The van der Waals surface area contributed by atoms with Crippen LogP contribution in [0.5, 0.6) is 0 Å². The minimum absolute atomic E-state index is 0.0206. The lowest BCUT2D eigenvalue weighted by molar-refractivity contribution is 0.0323. The molecule has 16 heavy (non-hydrogen) atoms. The molecular weight excluding hydrogens is 252 g/mol. The lowest BCUT2D eigenvalue weighted by Gasteiger charge is -2.18. The molecule has 0 saturated heterocycles. The van der Waals surface area contributed by atoms with Gasteiger partial charge in [0.05, 0.1) is 16.7 Å². The van der Waals surface area contributed by atoms with Crippen LogP contribution in [0.25, 0.3) is 0 Å². The van der Waals surface area contributed by atoms with Crippen LogP contribution < -0.4 is 0 Å². The van der Waals surface area contributed by atoms with Gasteiger partial charge in [0.2, 0.25) is 0 Å². The van der Waals surface area contributed by atoms with E-state index in [0.717, 1.165) is 0 Å². The van der Waals surface area contributed by atoms with Crippen LogP contribution in [0.15, 0.2) is 18.2 Å². The van der Waals surface area contributed by atoms with Crippen LogP contribution in [0.1, 0.15) is 22.0 Å². The van der Waals surface area contributed by atoms with Crippen molar-refractivity contribution in [3.63, 3.8) is 0 Å². The SMILES string of the molecule is O=C(O)c1c(Cl)cccc1C(O)C(O)CS. The number of carbonyl (C=O) groups is 1. The number of hydrogen-bond donors (Lipinski definition) is 4. The Bertz CT molecular complexity index is 396. The van der Waals surface area contributed by atoms with Crippen molar-refractivity contribution in [1.29, 1.82) is 0 Å². The summed E-state index contributed by atoms with van der Waals surface area (Å²) < 4.78 is 0. The van der Waals surface area contributed by atoms with Crippen LogP contribution >= 0.6 is 24.2 Å². The molecule has 0 aromatic heterocycles. The Morgan fingerprint density at radius 3 is 2.56 bits per heavy atom. The van der Waals surface area contributed by atoms with Gasteiger partial charge < -0.3 is 15.3 Å². The number of carboxylic acids is 1. The summed E-state index contributed by atoms with van der Waals surface area (Å²) in [5.74, 6) is -1.22. The summed E-state index contributed by atoms with van der Waals surface area (Å²) in [6.45, 7) is 0. The summed E-state index contributed by atoms with van der Waals surface area (Å²) in [6.07, 6.45) is -2.46. The first-order chi connectivity index (χ1) is 7.49. The van der Waals surface area contributed by atoms with Gasteiger partial charge in [0.1, 0.15) is 6.10 Å². The van der Waals surface area contributed by atoms with Gasteiger partial charge in [-0.05, 0) is 11.6 Å². The molecule has 0 fully saturated rings. The lowest BCUT2D eigenvalue weighted by Crippen LogP contribution is -2.22. The number of carboxylic acid groups (broad SMARTS) is 1. The molecule has 0 heterocycles. The maximum Gasteiger partial charge on any atom is 0.337 e.